The third kappa shape index (κ3) is 5.50. The van der Waals surface area contributed by atoms with E-state index in [0.717, 1.165) is 4.35 Å². The minimum absolute atomic E-state index is 0.335. The van der Waals surface area contributed by atoms with Gasteiger partial charge in [-0.05, 0) is 0 Å². The number of aliphatic hydroxyl groups excluding tert-OH is 1. The molecule has 0 aliphatic heterocycles. The Kier molecular flexibility index (Phi) is 7.91. The van der Waals surface area contributed by atoms with Gasteiger partial charge in [-0.3, -0.25) is 0 Å². The first-order valence-electron chi connectivity index (χ1n) is 8.18. The molecule has 0 aliphatic rings. The predicted octanol–water partition coefficient (Wildman–Crippen LogP) is 2.13. The second-order valence-corrected chi connectivity index (χ2v) is 9.48. The van der Waals surface area contributed by atoms with E-state index in [1.165, 1.54) is 19.1 Å². The van der Waals surface area contributed by atoms with Crippen LogP contribution in [-0.2, 0) is 4.79 Å². The summed E-state index contributed by atoms with van der Waals surface area (Å²) in [5.41, 5.74) is 6.10. The van der Waals surface area contributed by atoms with Crippen LogP contribution in [0, 0.1) is 18.3 Å². The molecule has 0 saturated heterocycles. The van der Waals surface area contributed by atoms with Crippen LogP contribution in [-0.4, -0.2) is 38.8 Å². The zero-order valence-electron chi connectivity index (χ0n) is 15.0. The number of halogens is 2. The molecule has 0 aliphatic carbocycles. The van der Waals surface area contributed by atoms with E-state index in [0.29, 0.717) is 26.7 Å². The van der Waals surface area contributed by atoms with Gasteiger partial charge in [-0.25, -0.2) is 0 Å². The Bertz CT molecular complexity index is 927. The first kappa shape index (κ1) is 22.3. The SMILES string of the molecule is Cc1c([As][C@@H](C(=O)NNC(=O)c2ccc(Cl)cc2)[C@H](C)O)ccc(C#N)c1Cl. The van der Waals surface area contributed by atoms with Crippen molar-refractivity contribution in [1.29, 1.82) is 5.26 Å². The fourth-order valence-electron chi connectivity index (χ4n) is 2.30. The quantitative estimate of drug-likeness (QED) is 0.450. The van der Waals surface area contributed by atoms with Crippen molar-refractivity contribution in [3.05, 3.63) is 63.1 Å². The third-order valence-corrected chi connectivity index (χ3v) is 8.21. The minimum atomic E-state index is -0.929. The van der Waals surface area contributed by atoms with Gasteiger partial charge in [0.1, 0.15) is 0 Å². The summed E-state index contributed by atoms with van der Waals surface area (Å²) in [7, 11) is 0. The van der Waals surface area contributed by atoms with Crippen molar-refractivity contribution in [1.82, 2.24) is 10.9 Å². The predicted molar refractivity (Wildman–Crippen MR) is 109 cm³/mol. The number of benzene rings is 2. The number of nitrogens with one attached hydrogen (secondary N) is 2. The van der Waals surface area contributed by atoms with Gasteiger partial charge < -0.3 is 0 Å². The molecule has 0 bridgehead atoms. The fourth-order valence-corrected chi connectivity index (χ4v) is 5.22. The molecule has 6 nitrogen and oxygen atoms in total. The zero-order chi connectivity index (χ0) is 20.8. The maximum absolute atomic E-state index is 12.5. The van der Waals surface area contributed by atoms with E-state index in [4.69, 9.17) is 28.5 Å². The Balaban J connectivity index is 2.08. The summed E-state index contributed by atoms with van der Waals surface area (Å²) in [5, 5.41) is 20.0. The molecule has 3 N–H and O–H groups in total. The Hall–Kier alpha value is -2.03. The van der Waals surface area contributed by atoms with Crippen LogP contribution in [0.1, 0.15) is 28.4 Å². The average Bonchev–Trinajstić information content (AvgIpc) is 2.67. The van der Waals surface area contributed by atoms with Crippen LogP contribution in [0.25, 0.3) is 0 Å². The number of nitrogens with zero attached hydrogens (tertiary/aromatic N) is 1. The van der Waals surface area contributed by atoms with Crippen LogP contribution in [0.4, 0.5) is 0 Å². The molecule has 9 heteroatoms. The molecule has 145 valence electrons. The molecule has 0 fully saturated rings. The molecule has 0 heterocycles. The van der Waals surface area contributed by atoms with Gasteiger partial charge in [0, 0.05) is 0 Å². The summed E-state index contributed by atoms with van der Waals surface area (Å²) < 4.78 is 0.0924. The summed E-state index contributed by atoms with van der Waals surface area (Å²) in [6, 6.07) is 11.5. The summed E-state index contributed by atoms with van der Waals surface area (Å²) in [4.78, 5) is 24.6. The van der Waals surface area contributed by atoms with E-state index in [2.05, 4.69) is 10.9 Å². The van der Waals surface area contributed by atoms with Crippen LogP contribution in [0.5, 0.6) is 0 Å². The fraction of sp³-hybridized carbons (Fsp3) is 0.211. The van der Waals surface area contributed by atoms with E-state index >= 15 is 0 Å². The topological polar surface area (TPSA) is 102 Å². The first-order valence-corrected chi connectivity index (χ1v) is 11.0. The molecule has 2 rings (SSSR count). The summed E-state index contributed by atoms with van der Waals surface area (Å²) in [6.07, 6.45) is -0.929. The first-order chi connectivity index (χ1) is 13.2. The third-order valence-electron chi connectivity index (χ3n) is 3.89. The number of hydrogen-bond acceptors (Lipinski definition) is 4. The van der Waals surface area contributed by atoms with E-state index in [-0.39, 0.29) is 0 Å². The summed E-state index contributed by atoms with van der Waals surface area (Å²) >= 11 is 11.2. The van der Waals surface area contributed by atoms with Crippen molar-refractivity contribution in [3.8, 4) is 6.07 Å². The monoisotopic (exact) mass is 480 g/mol. The van der Waals surface area contributed by atoms with Gasteiger partial charge in [-0.15, -0.1) is 0 Å². The molecule has 28 heavy (non-hydrogen) atoms. The molecule has 0 aromatic heterocycles. The summed E-state index contributed by atoms with van der Waals surface area (Å²) in [5.74, 6) is -1.000. The molecule has 1 radical (unpaired) electrons. The number of rotatable bonds is 5. The molecule has 2 aromatic carbocycles. The molecular formula is C19H17AsCl2N3O3. The van der Waals surface area contributed by atoms with Crippen LogP contribution >= 0.6 is 23.2 Å². The Labute approximate surface area is 179 Å². The second-order valence-electron chi connectivity index (χ2n) is 5.95. The van der Waals surface area contributed by atoms with Gasteiger partial charge in [0.2, 0.25) is 0 Å². The number of amides is 2. The molecular weight excluding hydrogens is 464 g/mol. The molecule has 0 saturated carbocycles. The van der Waals surface area contributed by atoms with E-state index < -0.39 is 38.4 Å². The molecule has 0 unspecified atom stereocenters. The zero-order valence-corrected chi connectivity index (χ0v) is 18.4. The van der Waals surface area contributed by atoms with Crippen LogP contribution in [0.2, 0.25) is 14.8 Å². The van der Waals surface area contributed by atoms with Gasteiger partial charge in [-0.1, -0.05) is 0 Å². The van der Waals surface area contributed by atoms with Gasteiger partial charge >= 0.3 is 180 Å². The van der Waals surface area contributed by atoms with E-state index in [9.17, 15) is 14.7 Å². The standard InChI is InChI=1S/C19H17AsCl2N3O3/c1-10-15(8-5-13(9-23)17(10)22)20-16(11(2)26)19(28)25-24-18(27)12-3-6-14(21)7-4-12/h3-8,11,16,26H,1-2H3,(H,24,27)(H,25,28)/t11-,16+/m0/s1. The Morgan fingerprint density at radius 1 is 1.14 bits per heavy atom. The van der Waals surface area contributed by atoms with Crippen LogP contribution in [0.3, 0.4) is 0 Å². The average molecular weight is 481 g/mol. The van der Waals surface area contributed by atoms with Crippen molar-refractivity contribution in [2.75, 3.05) is 0 Å². The summed E-state index contributed by atoms with van der Waals surface area (Å²) in [6.45, 7) is 3.29. The molecule has 2 amide bonds. The molecule has 2 aromatic rings. The van der Waals surface area contributed by atoms with Crippen molar-refractivity contribution in [2.45, 2.75) is 24.7 Å². The van der Waals surface area contributed by atoms with Crippen molar-refractivity contribution < 1.29 is 14.7 Å². The van der Waals surface area contributed by atoms with Crippen LogP contribution < -0.4 is 15.2 Å². The molecule has 0 spiro atoms. The number of carbonyl (C=O) groups is 2. The number of hydrazine groups is 1. The van der Waals surface area contributed by atoms with Crippen LogP contribution in [0.15, 0.2) is 36.4 Å². The second kappa shape index (κ2) is 9.95. The van der Waals surface area contributed by atoms with Gasteiger partial charge in [-0.2, -0.15) is 0 Å². The Morgan fingerprint density at radius 2 is 1.79 bits per heavy atom. The molecule has 2 atom stereocenters. The van der Waals surface area contributed by atoms with E-state index in [1.807, 2.05) is 6.07 Å². The van der Waals surface area contributed by atoms with E-state index in [1.54, 1.807) is 31.2 Å². The number of carbonyl (C=O) groups excluding carboxylic acids is 2. The number of hydrogen-bond donors (Lipinski definition) is 3. The van der Waals surface area contributed by atoms with Gasteiger partial charge in [0.05, 0.1) is 0 Å². The van der Waals surface area contributed by atoms with Crippen molar-refractivity contribution >= 4 is 55.1 Å². The van der Waals surface area contributed by atoms with Gasteiger partial charge in [0.25, 0.3) is 0 Å². The maximum atomic E-state index is 12.5. The number of aliphatic hydroxyl groups is 1. The Morgan fingerprint density at radius 3 is 2.36 bits per heavy atom. The normalized spacial score (nSPS) is 13.0. The van der Waals surface area contributed by atoms with Crippen molar-refractivity contribution in [2.24, 2.45) is 0 Å². The van der Waals surface area contributed by atoms with Gasteiger partial charge in [0.15, 0.2) is 0 Å². The van der Waals surface area contributed by atoms with Crippen molar-refractivity contribution in [3.63, 3.8) is 0 Å². The number of nitriles is 1.